The molecule has 4 nitrogen and oxygen atoms in total. The molecule has 0 spiro atoms. The van der Waals surface area contributed by atoms with E-state index in [9.17, 15) is 4.79 Å². The summed E-state index contributed by atoms with van der Waals surface area (Å²) in [5, 5.41) is 3.60. The summed E-state index contributed by atoms with van der Waals surface area (Å²) in [7, 11) is 0. The Morgan fingerprint density at radius 3 is 2.67 bits per heavy atom. The molecule has 1 N–H and O–H groups in total. The largest absolute Gasteiger partial charge is 0.345 e. The number of rotatable bonds is 7. The molecule has 118 valence electrons. The molecule has 1 aromatic heterocycles. The molecule has 1 amide bonds. The van der Waals surface area contributed by atoms with Gasteiger partial charge in [-0.1, -0.05) is 20.8 Å². The summed E-state index contributed by atoms with van der Waals surface area (Å²) in [4.78, 5) is 14.2. The third-order valence-electron chi connectivity index (χ3n) is 4.19. The predicted molar refractivity (Wildman–Crippen MR) is 86.1 cm³/mol. The Balaban J connectivity index is 1.97. The third kappa shape index (κ3) is 4.34. The lowest BCUT2D eigenvalue weighted by Crippen LogP contribution is -2.30. The topological polar surface area (TPSA) is 37.3 Å². The molecule has 1 saturated heterocycles. The summed E-state index contributed by atoms with van der Waals surface area (Å²) in [5.41, 5.74) is 1.28. The number of carbonyl (C=O) groups is 1. The lowest BCUT2D eigenvalue weighted by Gasteiger charge is -2.21. The molecular formula is C17H29N3O. The van der Waals surface area contributed by atoms with Crippen molar-refractivity contribution in [3.63, 3.8) is 0 Å². The first-order valence-electron chi connectivity index (χ1n) is 8.28. The van der Waals surface area contributed by atoms with Crippen molar-refractivity contribution < 1.29 is 4.79 Å². The zero-order valence-electron chi connectivity index (χ0n) is 13.6. The second-order valence-corrected chi connectivity index (χ2v) is 6.38. The molecule has 1 aromatic rings. The smallest absolute Gasteiger partial charge is 0.242 e. The van der Waals surface area contributed by atoms with E-state index in [1.165, 1.54) is 5.56 Å². The normalized spacial score (nSPS) is 16.7. The second-order valence-electron chi connectivity index (χ2n) is 6.38. The fourth-order valence-corrected chi connectivity index (χ4v) is 3.00. The highest BCUT2D eigenvalue weighted by Crippen LogP contribution is 2.22. The Hall–Kier alpha value is -1.29. The van der Waals surface area contributed by atoms with Gasteiger partial charge in [0, 0.05) is 31.5 Å². The summed E-state index contributed by atoms with van der Waals surface area (Å²) in [6.07, 6.45) is 7.60. The van der Waals surface area contributed by atoms with Gasteiger partial charge in [0.2, 0.25) is 5.91 Å². The van der Waals surface area contributed by atoms with Gasteiger partial charge in [0.05, 0.1) is 0 Å². The molecule has 0 bridgehead atoms. The van der Waals surface area contributed by atoms with Crippen molar-refractivity contribution in [3.05, 3.63) is 24.0 Å². The van der Waals surface area contributed by atoms with Gasteiger partial charge in [0.1, 0.15) is 6.54 Å². The number of nitrogens with one attached hydrogen (secondary N) is 1. The van der Waals surface area contributed by atoms with Crippen LogP contribution in [-0.4, -0.2) is 35.0 Å². The Morgan fingerprint density at radius 2 is 2.05 bits per heavy atom. The van der Waals surface area contributed by atoms with Crippen molar-refractivity contribution in [2.45, 2.75) is 52.6 Å². The molecule has 0 saturated carbocycles. The van der Waals surface area contributed by atoms with Gasteiger partial charge < -0.3 is 14.8 Å². The first kappa shape index (κ1) is 16.1. The molecule has 2 rings (SSSR count). The van der Waals surface area contributed by atoms with Crippen molar-refractivity contribution in [1.82, 2.24) is 14.8 Å². The minimum absolute atomic E-state index is 0.247. The highest BCUT2D eigenvalue weighted by Gasteiger charge is 2.19. The first-order chi connectivity index (χ1) is 10.1. The van der Waals surface area contributed by atoms with Gasteiger partial charge in [-0.05, 0) is 43.4 Å². The predicted octanol–water partition coefficient (Wildman–Crippen LogP) is 2.81. The second kappa shape index (κ2) is 7.64. The molecule has 0 aliphatic carbocycles. The summed E-state index contributed by atoms with van der Waals surface area (Å²) in [6.45, 7) is 10.0. The average Bonchev–Trinajstić information content (AvgIpc) is 3.10. The maximum absolute atomic E-state index is 12.2. The van der Waals surface area contributed by atoms with Crippen molar-refractivity contribution in [2.24, 2.45) is 5.92 Å². The van der Waals surface area contributed by atoms with E-state index < -0.39 is 0 Å². The van der Waals surface area contributed by atoms with Crippen molar-refractivity contribution in [1.29, 1.82) is 0 Å². The van der Waals surface area contributed by atoms with E-state index in [2.05, 4.69) is 38.4 Å². The van der Waals surface area contributed by atoms with E-state index >= 15 is 0 Å². The van der Waals surface area contributed by atoms with Gasteiger partial charge in [-0.2, -0.15) is 0 Å². The van der Waals surface area contributed by atoms with Crippen molar-refractivity contribution >= 4 is 5.91 Å². The molecule has 1 atom stereocenters. The maximum atomic E-state index is 12.2. The molecule has 1 unspecified atom stereocenters. The quantitative estimate of drug-likeness (QED) is 0.839. The molecule has 1 aliphatic rings. The molecule has 1 fully saturated rings. The fraction of sp³-hybridized carbons (Fsp3) is 0.706. The minimum Gasteiger partial charge on any atom is -0.345 e. The van der Waals surface area contributed by atoms with Crippen LogP contribution in [0.1, 0.15) is 51.6 Å². The van der Waals surface area contributed by atoms with Crippen LogP contribution in [0, 0.1) is 5.92 Å². The molecule has 0 aromatic carbocycles. The van der Waals surface area contributed by atoms with Crippen molar-refractivity contribution in [2.75, 3.05) is 19.6 Å². The molecular weight excluding hydrogens is 262 g/mol. The van der Waals surface area contributed by atoms with E-state index in [-0.39, 0.29) is 5.91 Å². The average molecular weight is 291 g/mol. The van der Waals surface area contributed by atoms with Crippen molar-refractivity contribution in [3.8, 4) is 0 Å². The van der Waals surface area contributed by atoms with Crippen LogP contribution in [0.4, 0.5) is 0 Å². The van der Waals surface area contributed by atoms with Gasteiger partial charge in [-0.3, -0.25) is 4.79 Å². The number of likely N-dealkylation sites (tertiary alicyclic amines) is 1. The first-order valence-corrected chi connectivity index (χ1v) is 8.28. The highest BCUT2D eigenvalue weighted by molar-refractivity contribution is 5.76. The van der Waals surface area contributed by atoms with Gasteiger partial charge in [0.25, 0.3) is 0 Å². The van der Waals surface area contributed by atoms with Crippen LogP contribution >= 0.6 is 0 Å². The van der Waals surface area contributed by atoms with Gasteiger partial charge in [-0.25, -0.2) is 0 Å². The Kier molecular flexibility index (Phi) is 5.85. The van der Waals surface area contributed by atoms with E-state index in [0.717, 1.165) is 38.9 Å². The fourth-order valence-electron chi connectivity index (χ4n) is 3.00. The number of carbonyl (C=O) groups excluding carboxylic acids is 1. The van der Waals surface area contributed by atoms with Crippen LogP contribution in [-0.2, 0) is 11.3 Å². The Labute approximate surface area is 128 Å². The van der Waals surface area contributed by atoms with Gasteiger partial charge >= 0.3 is 0 Å². The maximum Gasteiger partial charge on any atom is 0.242 e. The molecule has 0 radical (unpaired) electrons. The lowest BCUT2D eigenvalue weighted by atomic mass is 9.98. The monoisotopic (exact) mass is 291 g/mol. The van der Waals surface area contributed by atoms with E-state index in [1.807, 2.05) is 15.7 Å². The third-order valence-corrected chi connectivity index (χ3v) is 4.19. The SMILES string of the molecule is CCCNC(c1ccn(CC(=O)N2CCCC2)c1)C(C)C. The lowest BCUT2D eigenvalue weighted by molar-refractivity contribution is -0.130. The van der Waals surface area contributed by atoms with Crippen LogP contribution in [0.15, 0.2) is 18.5 Å². The minimum atomic E-state index is 0.247. The molecule has 2 heterocycles. The van der Waals surface area contributed by atoms with E-state index in [4.69, 9.17) is 0 Å². The molecule has 4 heteroatoms. The number of nitrogens with zero attached hydrogens (tertiary/aromatic N) is 2. The van der Waals surface area contributed by atoms with Crippen LogP contribution in [0.3, 0.4) is 0 Å². The zero-order valence-corrected chi connectivity index (χ0v) is 13.6. The van der Waals surface area contributed by atoms with Crippen LogP contribution < -0.4 is 5.32 Å². The highest BCUT2D eigenvalue weighted by atomic mass is 16.2. The Morgan fingerprint density at radius 1 is 1.33 bits per heavy atom. The van der Waals surface area contributed by atoms with Crippen LogP contribution in [0.25, 0.3) is 0 Å². The summed E-state index contributed by atoms with van der Waals surface area (Å²) in [6, 6.07) is 2.51. The number of hydrogen-bond acceptors (Lipinski definition) is 2. The van der Waals surface area contributed by atoms with Crippen LogP contribution in [0.2, 0.25) is 0 Å². The summed E-state index contributed by atoms with van der Waals surface area (Å²) in [5.74, 6) is 0.791. The number of amides is 1. The zero-order chi connectivity index (χ0) is 15.2. The summed E-state index contributed by atoms with van der Waals surface area (Å²) < 4.78 is 2.03. The standard InChI is InChI=1S/C17H29N3O/c1-4-8-18-17(14(2)3)15-7-11-19(12-15)13-16(21)20-9-5-6-10-20/h7,11-12,14,17-18H,4-6,8-10,13H2,1-3H3. The molecule has 21 heavy (non-hydrogen) atoms. The van der Waals surface area contributed by atoms with Gasteiger partial charge in [-0.15, -0.1) is 0 Å². The van der Waals surface area contributed by atoms with Crippen LogP contribution in [0.5, 0.6) is 0 Å². The number of aromatic nitrogens is 1. The van der Waals surface area contributed by atoms with E-state index in [0.29, 0.717) is 18.5 Å². The Bertz CT molecular complexity index is 447. The number of hydrogen-bond donors (Lipinski definition) is 1. The van der Waals surface area contributed by atoms with Gasteiger partial charge in [0.15, 0.2) is 0 Å². The molecule has 1 aliphatic heterocycles. The van der Waals surface area contributed by atoms with E-state index in [1.54, 1.807) is 0 Å². The summed E-state index contributed by atoms with van der Waals surface area (Å²) >= 11 is 0.